The fourth-order valence-corrected chi connectivity index (χ4v) is 11.6. The number of carbonyl (C=O) groups is 1. The summed E-state index contributed by atoms with van der Waals surface area (Å²) < 4.78 is 12.5. The van der Waals surface area contributed by atoms with E-state index in [-0.39, 0.29) is 16.5 Å². The Balaban J connectivity index is 1.50. The van der Waals surface area contributed by atoms with Crippen molar-refractivity contribution in [3.63, 3.8) is 0 Å². The van der Waals surface area contributed by atoms with Crippen LogP contribution in [-0.2, 0) is 14.7 Å². The van der Waals surface area contributed by atoms with Gasteiger partial charge in [-0.25, -0.2) is 4.79 Å². The molecule has 0 amide bonds. The van der Waals surface area contributed by atoms with E-state index in [4.69, 9.17) is 9.16 Å². The lowest BCUT2D eigenvalue weighted by Gasteiger charge is -2.44. The van der Waals surface area contributed by atoms with Gasteiger partial charge in [-0.2, -0.15) is 0 Å². The molecule has 2 saturated heterocycles. The minimum absolute atomic E-state index is 0.0477. The van der Waals surface area contributed by atoms with Crippen molar-refractivity contribution in [2.24, 2.45) is 0 Å². The fraction of sp³-hybridized carbons (Fsp3) is 0.406. The molecule has 5 heteroatoms. The van der Waals surface area contributed by atoms with Gasteiger partial charge in [-0.15, -0.1) is 0 Å². The summed E-state index contributed by atoms with van der Waals surface area (Å²) in [5.74, 6) is -0.246. The highest BCUT2D eigenvalue weighted by Gasteiger charge is 2.54. The monoisotopic (exact) mass is 513 g/mol. The summed E-state index contributed by atoms with van der Waals surface area (Å²) in [6.45, 7) is 8.72. The molecule has 2 aliphatic rings. The summed E-state index contributed by atoms with van der Waals surface area (Å²) in [5, 5.41) is 2.58. The Bertz CT molecular complexity index is 1180. The SMILES string of the molecule is COC(=O)c1ccccc1[C@@]12CCCN1[C@H](CO[Si](c1ccccc1)(c1ccccc1)C(C)(C)C)CC2. The van der Waals surface area contributed by atoms with E-state index < -0.39 is 8.32 Å². The molecule has 0 bridgehead atoms. The Kier molecular flexibility index (Phi) is 7.14. The van der Waals surface area contributed by atoms with Crippen LogP contribution in [0.15, 0.2) is 84.9 Å². The third-order valence-electron chi connectivity index (χ3n) is 8.61. The molecule has 4 nitrogen and oxygen atoms in total. The van der Waals surface area contributed by atoms with E-state index in [0.717, 1.165) is 37.8 Å². The molecule has 2 aliphatic heterocycles. The number of rotatable bonds is 7. The lowest BCUT2D eigenvalue weighted by atomic mass is 9.83. The normalized spacial score (nSPS) is 22.1. The van der Waals surface area contributed by atoms with Crippen molar-refractivity contribution in [2.45, 2.75) is 63.1 Å². The first kappa shape index (κ1) is 25.9. The second-order valence-electron chi connectivity index (χ2n) is 11.5. The van der Waals surface area contributed by atoms with Crippen molar-refractivity contribution < 1.29 is 14.0 Å². The number of nitrogens with zero attached hydrogens (tertiary/aromatic N) is 1. The molecule has 3 aromatic rings. The lowest BCUT2D eigenvalue weighted by Crippen LogP contribution is -2.67. The molecule has 37 heavy (non-hydrogen) atoms. The van der Waals surface area contributed by atoms with E-state index in [1.807, 2.05) is 12.1 Å². The summed E-state index contributed by atoms with van der Waals surface area (Å²) in [6.07, 6.45) is 4.30. The van der Waals surface area contributed by atoms with Gasteiger partial charge in [0.2, 0.25) is 0 Å². The number of methoxy groups -OCH3 is 1. The second-order valence-corrected chi connectivity index (χ2v) is 15.8. The van der Waals surface area contributed by atoms with Crippen molar-refractivity contribution in [1.29, 1.82) is 0 Å². The first-order valence-corrected chi connectivity index (χ1v) is 15.4. The van der Waals surface area contributed by atoms with Gasteiger partial charge in [-0.1, -0.05) is 99.6 Å². The van der Waals surface area contributed by atoms with Crippen molar-refractivity contribution >= 4 is 24.7 Å². The lowest BCUT2D eigenvalue weighted by molar-refractivity contribution is 0.0588. The Labute approximate surface area is 222 Å². The smallest absolute Gasteiger partial charge is 0.338 e. The molecule has 0 aliphatic carbocycles. The van der Waals surface area contributed by atoms with Gasteiger partial charge in [-0.05, 0) is 59.3 Å². The number of hydrogen-bond donors (Lipinski definition) is 0. The van der Waals surface area contributed by atoms with Crippen LogP contribution in [0.25, 0.3) is 0 Å². The molecule has 2 fully saturated rings. The van der Waals surface area contributed by atoms with Gasteiger partial charge in [0.1, 0.15) is 0 Å². The van der Waals surface area contributed by atoms with Gasteiger partial charge < -0.3 is 9.16 Å². The summed E-state index contributed by atoms with van der Waals surface area (Å²) in [4.78, 5) is 15.3. The van der Waals surface area contributed by atoms with Crippen LogP contribution >= 0.6 is 0 Å². The van der Waals surface area contributed by atoms with Crippen LogP contribution in [0.2, 0.25) is 5.04 Å². The molecule has 0 spiro atoms. The first-order chi connectivity index (χ1) is 17.8. The third kappa shape index (κ3) is 4.37. The molecule has 0 unspecified atom stereocenters. The minimum atomic E-state index is -2.60. The summed E-state index contributed by atoms with van der Waals surface area (Å²) in [6, 6.07) is 30.1. The van der Waals surface area contributed by atoms with Crippen molar-refractivity contribution in [1.82, 2.24) is 4.90 Å². The third-order valence-corrected chi connectivity index (χ3v) is 13.6. The number of ether oxygens (including phenoxy) is 1. The van der Waals surface area contributed by atoms with Gasteiger partial charge >= 0.3 is 5.97 Å². The molecule has 3 aromatic carbocycles. The molecule has 0 radical (unpaired) electrons. The average molecular weight is 514 g/mol. The van der Waals surface area contributed by atoms with Crippen LogP contribution in [-0.4, -0.2) is 45.5 Å². The molecule has 0 N–H and O–H groups in total. The summed E-state index contributed by atoms with van der Waals surface area (Å²) in [7, 11) is -1.13. The van der Waals surface area contributed by atoms with E-state index in [1.54, 1.807) is 0 Å². The predicted molar refractivity (Wildman–Crippen MR) is 152 cm³/mol. The highest BCUT2D eigenvalue weighted by Crippen LogP contribution is 2.51. The van der Waals surface area contributed by atoms with Crippen LogP contribution in [0.4, 0.5) is 0 Å². The van der Waals surface area contributed by atoms with E-state index in [9.17, 15) is 4.79 Å². The van der Waals surface area contributed by atoms with Crippen LogP contribution in [0, 0.1) is 0 Å². The Morgan fingerprint density at radius 1 is 0.919 bits per heavy atom. The standard InChI is InChI=1S/C32H39NO3Si/c1-31(2,3)37(26-14-7-5-8-15-26,27-16-9-6-10-17-27)36-24-25-20-22-32(21-13-23-33(25)32)29-19-12-11-18-28(29)30(34)35-4/h5-12,14-19,25H,13,20-24H2,1-4H3/t25-,32-/m0/s1. The van der Waals surface area contributed by atoms with Crippen LogP contribution in [0.3, 0.4) is 0 Å². The van der Waals surface area contributed by atoms with Crippen LogP contribution in [0.1, 0.15) is 62.4 Å². The number of fused-ring (bicyclic) bond motifs is 1. The van der Waals surface area contributed by atoms with Gasteiger partial charge in [-0.3, -0.25) is 4.90 Å². The number of esters is 1. The van der Waals surface area contributed by atoms with Gasteiger partial charge in [0.25, 0.3) is 8.32 Å². The quantitative estimate of drug-likeness (QED) is 0.309. The zero-order chi connectivity index (χ0) is 26.1. The van der Waals surface area contributed by atoms with Crippen molar-refractivity contribution in [3.8, 4) is 0 Å². The molecule has 2 atom stereocenters. The second kappa shape index (κ2) is 10.2. The maximum absolute atomic E-state index is 12.7. The Hall–Kier alpha value is -2.73. The Morgan fingerprint density at radius 3 is 2.11 bits per heavy atom. The summed E-state index contributed by atoms with van der Waals surface area (Å²) in [5.41, 5.74) is 1.70. The molecule has 194 valence electrons. The highest BCUT2D eigenvalue weighted by atomic mass is 28.4. The number of benzene rings is 3. The molecular formula is C32H39NO3Si. The van der Waals surface area contributed by atoms with Gasteiger partial charge in [0.15, 0.2) is 0 Å². The highest BCUT2D eigenvalue weighted by molar-refractivity contribution is 6.99. The predicted octanol–water partition coefficient (Wildman–Crippen LogP) is 5.50. The average Bonchev–Trinajstić information content (AvgIpc) is 3.50. The molecule has 5 rings (SSSR count). The van der Waals surface area contributed by atoms with Crippen molar-refractivity contribution in [2.75, 3.05) is 20.3 Å². The van der Waals surface area contributed by atoms with E-state index in [1.165, 1.54) is 17.5 Å². The Morgan fingerprint density at radius 2 is 1.51 bits per heavy atom. The van der Waals surface area contributed by atoms with Crippen LogP contribution in [0.5, 0.6) is 0 Å². The van der Waals surface area contributed by atoms with Gasteiger partial charge in [0.05, 0.1) is 19.3 Å². The van der Waals surface area contributed by atoms with Crippen molar-refractivity contribution in [3.05, 3.63) is 96.1 Å². The first-order valence-electron chi connectivity index (χ1n) is 13.5. The maximum Gasteiger partial charge on any atom is 0.338 e. The van der Waals surface area contributed by atoms with E-state index >= 15 is 0 Å². The molecular weight excluding hydrogens is 474 g/mol. The zero-order valence-corrected chi connectivity index (χ0v) is 23.6. The zero-order valence-electron chi connectivity index (χ0n) is 22.6. The summed E-state index contributed by atoms with van der Waals surface area (Å²) >= 11 is 0. The molecule has 2 heterocycles. The van der Waals surface area contributed by atoms with E-state index in [2.05, 4.69) is 98.5 Å². The molecule has 0 aromatic heterocycles. The minimum Gasteiger partial charge on any atom is -0.465 e. The topological polar surface area (TPSA) is 38.8 Å². The molecule has 0 saturated carbocycles. The fourth-order valence-electron chi connectivity index (χ4n) is 7.02. The van der Waals surface area contributed by atoms with Crippen LogP contribution < -0.4 is 10.4 Å². The number of hydrogen-bond acceptors (Lipinski definition) is 4. The maximum atomic E-state index is 12.7. The van der Waals surface area contributed by atoms with E-state index in [0.29, 0.717) is 18.2 Å². The largest absolute Gasteiger partial charge is 0.465 e. The number of carbonyl (C=O) groups excluding carboxylic acids is 1. The van der Waals surface area contributed by atoms with Gasteiger partial charge in [0, 0.05) is 11.6 Å².